The van der Waals surface area contributed by atoms with Gasteiger partial charge in [-0.2, -0.15) is 0 Å². The van der Waals surface area contributed by atoms with Gasteiger partial charge in [0, 0.05) is 18.2 Å². The minimum Gasteiger partial charge on any atom is -0.351 e. The first kappa shape index (κ1) is 12.6. The molecule has 0 spiro atoms. The fourth-order valence-corrected chi connectivity index (χ4v) is 2.51. The molecule has 1 aromatic rings. The van der Waals surface area contributed by atoms with E-state index in [1.54, 1.807) is 18.2 Å². The lowest BCUT2D eigenvalue weighted by Gasteiger charge is -2.11. The molecular weight excluding hydrogens is 245 g/mol. The van der Waals surface area contributed by atoms with Gasteiger partial charge in [0.1, 0.15) is 11.9 Å². The van der Waals surface area contributed by atoms with Gasteiger partial charge in [-0.15, -0.1) is 0 Å². The van der Waals surface area contributed by atoms with Crippen molar-refractivity contribution >= 4 is 5.91 Å². The van der Waals surface area contributed by atoms with Gasteiger partial charge in [-0.3, -0.25) is 10.2 Å². The first-order valence-corrected chi connectivity index (χ1v) is 6.76. The van der Waals surface area contributed by atoms with Crippen LogP contribution in [0.25, 0.3) is 0 Å². The number of rotatable bonds is 4. The molecule has 1 amide bonds. The zero-order valence-corrected chi connectivity index (χ0v) is 10.7. The fraction of sp³-hybridized carbons (Fsp3) is 0.500. The van der Waals surface area contributed by atoms with Crippen LogP contribution in [0.4, 0.5) is 4.39 Å². The van der Waals surface area contributed by atoms with E-state index in [9.17, 15) is 9.18 Å². The van der Waals surface area contributed by atoms with Gasteiger partial charge in [0.2, 0.25) is 5.91 Å². The Bertz CT molecular complexity index is 476. The fourth-order valence-electron chi connectivity index (χ4n) is 2.51. The zero-order valence-electron chi connectivity index (χ0n) is 10.7. The van der Waals surface area contributed by atoms with E-state index in [0.29, 0.717) is 11.6 Å². The third-order valence-electron chi connectivity index (χ3n) is 3.85. The lowest BCUT2D eigenvalue weighted by Crippen LogP contribution is -2.43. The van der Waals surface area contributed by atoms with Crippen molar-refractivity contribution in [3.05, 3.63) is 35.6 Å². The minimum atomic E-state index is -0.281. The molecule has 0 aromatic heterocycles. The summed E-state index contributed by atoms with van der Waals surface area (Å²) in [6, 6.07) is 6.69. The maximum Gasteiger partial charge on any atom is 0.238 e. The second kappa shape index (κ2) is 5.27. The molecule has 1 aliphatic carbocycles. The van der Waals surface area contributed by atoms with Crippen LogP contribution < -0.4 is 16.2 Å². The van der Waals surface area contributed by atoms with Crippen molar-refractivity contribution < 1.29 is 9.18 Å². The Morgan fingerprint density at radius 2 is 2.11 bits per heavy atom. The van der Waals surface area contributed by atoms with Gasteiger partial charge in [-0.05, 0) is 31.2 Å². The Balaban J connectivity index is 1.50. The van der Waals surface area contributed by atoms with Crippen molar-refractivity contribution in [3.8, 4) is 0 Å². The van der Waals surface area contributed by atoms with Crippen molar-refractivity contribution in [2.75, 3.05) is 0 Å². The summed E-state index contributed by atoms with van der Waals surface area (Å²) in [5, 5.41) is 2.78. The van der Waals surface area contributed by atoms with Crippen LogP contribution in [0.1, 0.15) is 24.8 Å². The first-order valence-electron chi connectivity index (χ1n) is 6.76. The largest absolute Gasteiger partial charge is 0.351 e. The first-order chi connectivity index (χ1) is 9.24. The van der Waals surface area contributed by atoms with E-state index in [4.69, 9.17) is 0 Å². The number of hydrogen-bond acceptors (Lipinski definition) is 3. The number of hydrogen-bond donors (Lipinski definition) is 3. The molecule has 0 bridgehead atoms. The second-order valence-corrected chi connectivity index (χ2v) is 5.33. The lowest BCUT2D eigenvalue weighted by molar-refractivity contribution is -0.123. The van der Waals surface area contributed by atoms with Crippen LogP contribution in [0.2, 0.25) is 0 Å². The molecule has 1 aliphatic heterocycles. The predicted octanol–water partition coefficient (Wildman–Crippen LogP) is 1.09. The third kappa shape index (κ3) is 2.93. The van der Waals surface area contributed by atoms with E-state index in [1.165, 1.54) is 18.9 Å². The van der Waals surface area contributed by atoms with E-state index in [-0.39, 0.29) is 24.3 Å². The molecule has 19 heavy (non-hydrogen) atoms. The molecule has 1 saturated carbocycles. The number of hydrazine groups is 1. The van der Waals surface area contributed by atoms with E-state index in [0.717, 1.165) is 12.3 Å². The molecule has 3 rings (SSSR count). The van der Waals surface area contributed by atoms with Gasteiger partial charge < -0.3 is 5.32 Å². The summed E-state index contributed by atoms with van der Waals surface area (Å²) in [4.78, 5) is 12.0. The number of amides is 1. The predicted molar refractivity (Wildman–Crippen MR) is 69.4 cm³/mol. The van der Waals surface area contributed by atoms with Crippen LogP contribution in [0, 0.1) is 11.7 Å². The summed E-state index contributed by atoms with van der Waals surface area (Å²) in [6.45, 7) is 0.234. The molecule has 1 heterocycles. The average molecular weight is 263 g/mol. The molecule has 2 aliphatic rings. The van der Waals surface area contributed by atoms with Gasteiger partial charge in [0.25, 0.3) is 0 Å². The maximum absolute atomic E-state index is 13.4. The quantitative estimate of drug-likeness (QED) is 0.762. The molecule has 4 nitrogen and oxygen atoms in total. The second-order valence-electron chi connectivity index (χ2n) is 5.33. The summed E-state index contributed by atoms with van der Waals surface area (Å²) in [7, 11) is 0. The average Bonchev–Trinajstić information content (AvgIpc) is 3.15. The van der Waals surface area contributed by atoms with E-state index in [2.05, 4.69) is 16.2 Å². The van der Waals surface area contributed by atoms with Crippen molar-refractivity contribution in [2.45, 2.75) is 37.9 Å². The minimum absolute atomic E-state index is 0.0705. The summed E-state index contributed by atoms with van der Waals surface area (Å²) >= 11 is 0. The Morgan fingerprint density at radius 1 is 1.32 bits per heavy atom. The monoisotopic (exact) mass is 263 g/mol. The highest BCUT2D eigenvalue weighted by molar-refractivity contribution is 5.82. The van der Waals surface area contributed by atoms with E-state index in [1.807, 2.05) is 0 Å². The molecule has 3 N–H and O–H groups in total. The molecular formula is C14H18FN3O. The Labute approximate surface area is 111 Å². The molecule has 1 saturated heterocycles. The number of halogens is 1. The third-order valence-corrected chi connectivity index (χ3v) is 3.85. The molecule has 2 unspecified atom stereocenters. The highest BCUT2D eigenvalue weighted by Crippen LogP contribution is 2.35. The Hall–Kier alpha value is -1.46. The standard InChI is InChI=1S/C14H18FN3O/c15-11-4-2-1-3-10(11)8-16-14(19)13-7-12(17-18-13)9-5-6-9/h1-4,9,12-13,17-18H,5-8H2,(H,16,19). The summed E-state index contributed by atoms with van der Waals surface area (Å²) in [5.74, 6) is 0.368. The Morgan fingerprint density at radius 3 is 2.84 bits per heavy atom. The summed E-state index contributed by atoms with van der Waals surface area (Å²) < 4.78 is 13.4. The maximum atomic E-state index is 13.4. The van der Waals surface area contributed by atoms with Gasteiger partial charge in [-0.25, -0.2) is 9.82 Å². The topological polar surface area (TPSA) is 53.2 Å². The molecule has 102 valence electrons. The van der Waals surface area contributed by atoms with Crippen LogP contribution >= 0.6 is 0 Å². The van der Waals surface area contributed by atoms with Gasteiger partial charge in [0.05, 0.1) is 0 Å². The van der Waals surface area contributed by atoms with Crippen molar-refractivity contribution in [1.29, 1.82) is 0 Å². The van der Waals surface area contributed by atoms with Crippen LogP contribution in [-0.2, 0) is 11.3 Å². The highest BCUT2D eigenvalue weighted by atomic mass is 19.1. The van der Waals surface area contributed by atoms with Gasteiger partial charge >= 0.3 is 0 Å². The zero-order chi connectivity index (χ0) is 13.2. The molecule has 2 fully saturated rings. The highest BCUT2D eigenvalue weighted by Gasteiger charge is 2.38. The number of carbonyl (C=O) groups is 1. The van der Waals surface area contributed by atoms with Crippen molar-refractivity contribution in [2.24, 2.45) is 5.92 Å². The van der Waals surface area contributed by atoms with E-state index >= 15 is 0 Å². The van der Waals surface area contributed by atoms with Crippen molar-refractivity contribution in [1.82, 2.24) is 16.2 Å². The summed E-state index contributed by atoms with van der Waals surface area (Å²) in [5.41, 5.74) is 6.71. The summed E-state index contributed by atoms with van der Waals surface area (Å²) in [6.07, 6.45) is 3.32. The van der Waals surface area contributed by atoms with Crippen LogP contribution in [0.15, 0.2) is 24.3 Å². The number of carbonyl (C=O) groups excluding carboxylic acids is 1. The van der Waals surface area contributed by atoms with Crippen LogP contribution in [-0.4, -0.2) is 18.0 Å². The molecule has 0 radical (unpaired) electrons. The molecule has 5 heteroatoms. The lowest BCUT2D eigenvalue weighted by atomic mass is 10.1. The van der Waals surface area contributed by atoms with Gasteiger partial charge in [-0.1, -0.05) is 18.2 Å². The number of nitrogens with one attached hydrogen (secondary N) is 3. The smallest absolute Gasteiger partial charge is 0.238 e. The van der Waals surface area contributed by atoms with E-state index < -0.39 is 0 Å². The molecule has 1 aromatic carbocycles. The van der Waals surface area contributed by atoms with Crippen LogP contribution in [0.5, 0.6) is 0 Å². The van der Waals surface area contributed by atoms with Gasteiger partial charge in [0.15, 0.2) is 0 Å². The number of benzene rings is 1. The Kier molecular flexibility index (Phi) is 3.48. The molecule has 2 atom stereocenters. The van der Waals surface area contributed by atoms with Crippen LogP contribution in [0.3, 0.4) is 0 Å². The normalized spacial score (nSPS) is 26.4. The SMILES string of the molecule is O=C(NCc1ccccc1F)C1CC(C2CC2)NN1. The van der Waals surface area contributed by atoms with Crippen molar-refractivity contribution in [3.63, 3.8) is 0 Å².